The molecule has 0 aliphatic heterocycles. The molecule has 2 aromatic rings. The van der Waals surface area contributed by atoms with Crippen molar-refractivity contribution in [3.05, 3.63) is 54.1 Å². The highest BCUT2D eigenvalue weighted by Crippen LogP contribution is 2.16. The summed E-state index contributed by atoms with van der Waals surface area (Å²) in [4.78, 5) is 11.8. The molecule has 0 spiro atoms. The third-order valence-corrected chi connectivity index (χ3v) is 3.20. The lowest BCUT2D eigenvalue weighted by molar-refractivity contribution is -0.119. The molecule has 1 amide bonds. The van der Waals surface area contributed by atoms with Crippen LogP contribution in [0.3, 0.4) is 0 Å². The number of amides is 1. The van der Waals surface area contributed by atoms with E-state index in [4.69, 9.17) is 10.5 Å². The Bertz CT molecular complexity index is 696. The topological polar surface area (TPSA) is 88.7 Å². The maximum absolute atomic E-state index is 11.8. The van der Waals surface area contributed by atoms with E-state index in [0.717, 1.165) is 17.0 Å². The number of nitrogen functional groups attached to an aromatic ring is 1. The number of anilines is 2. The summed E-state index contributed by atoms with van der Waals surface area (Å²) in [5.41, 5.74) is 11.3. The van der Waals surface area contributed by atoms with Gasteiger partial charge in [-0.05, 0) is 36.8 Å². The fraction of sp³-hybridized carbons (Fsp3) is 0.176. The van der Waals surface area contributed by atoms with Crippen molar-refractivity contribution in [3.63, 3.8) is 0 Å². The normalized spacial score (nSPS) is 11.0. The van der Waals surface area contributed by atoms with Crippen molar-refractivity contribution in [1.82, 2.24) is 5.43 Å². The zero-order chi connectivity index (χ0) is 16.7. The van der Waals surface area contributed by atoms with Crippen LogP contribution < -0.4 is 21.2 Å². The van der Waals surface area contributed by atoms with Crippen LogP contribution in [0.4, 0.5) is 11.4 Å². The zero-order valence-electron chi connectivity index (χ0n) is 13.2. The van der Waals surface area contributed by atoms with Crippen LogP contribution in [-0.2, 0) is 4.79 Å². The van der Waals surface area contributed by atoms with Gasteiger partial charge >= 0.3 is 0 Å². The van der Waals surface area contributed by atoms with Gasteiger partial charge in [0.15, 0.2) is 0 Å². The average molecular weight is 312 g/mol. The number of ether oxygens (including phenoxy) is 1. The molecule has 6 nitrogen and oxygen atoms in total. The van der Waals surface area contributed by atoms with Gasteiger partial charge in [-0.15, -0.1) is 0 Å². The Kier molecular flexibility index (Phi) is 5.57. The summed E-state index contributed by atoms with van der Waals surface area (Å²) in [5, 5.41) is 7.09. The van der Waals surface area contributed by atoms with E-state index in [1.807, 2.05) is 43.3 Å². The van der Waals surface area contributed by atoms with E-state index in [-0.39, 0.29) is 12.5 Å². The molecule has 6 heteroatoms. The molecule has 0 unspecified atom stereocenters. The highest BCUT2D eigenvalue weighted by molar-refractivity contribution is 5.99. The molecule has 2 aromatic carbocycles. The van der Waals surface area contributed by atoms with Crippen molar-refractivity contribution >= 4 is 23.0 Å². The van der Waals surface area contributed by atoms with Crippen molar-refractivity contribution in [2.24, 2.45) is 5.10 Å². The minimum absolute atomic E-state index is 0.117. The minimum Gasteiger partial charge on any atom is -0.497 e. The second kappa shape index (κ2) is 7.84. The van der Waals surface area contributed by atoms with E-state index in [1.54, 1.807) is 19.2 Å². The van der Waals surface area contributed by atoms with E-state index in [9.17, 15) is 4.79 Å². The van der Waals surface area contributed by atoms with Crippen molar-refractivity contribution in [1.29, 1.82) is 0 Å². The van der Waals surface area contributed by atoms with Crippen molar-refractivity contribution in [2.75, 3.05) is 24.7 Å². The first-order valence-corrected chi connectivity index (χ1v) is 7.15. The quantitative estimate of drug-likeness (QED) is 0.433. The van der Waals surface area contributed by atoms with Gasteiger partial charge in [0.1, 0.15) is 5.75 Å². The fourth-order valence-corrected chi connectivity index (χ4v) is 1.89. The summed E-state index contributed by atoms with van der Waals surface area (Å²) in [5.74, 6) is 0.496. The lowest BCUT2D eigenvalue weighted by Crippen LogP contribution is -2.26. The lowest BCUT2D eigenvalue weighted by atomic mass is 10.1. The molecule has 2 rings (SSSR count). The number of rotatable bonds is 6. The van der Waals surface area contributed by atoms with Crippen LogP contribution in [0.15, 0.2) is 53.6 Å². The van der Waals surface area contributed by atoms with E-state index >= 15 is 0 Å². The lowest BCUT2D eigenvalue weighted by Gasteiger charge is -2.07. The largest absolute Gasteiger partial charge is 0.497 e. The van der Waals surface area contributed by atoms with Crippen molar-refractivity contribution in [2.45, 2.75) is 6.92 Å². The van der Waals surface area contributed by atoms with Gasteiger partial charge in [0.2, 0.25) is 0 Å². The predicted molar refractivity (Wildman–Crippen MR) is 92.7 cm³/mol. The molecule has 0 aliphatic carbocycles. The molecular weight excluding hydrogens is 292 g/mol. The van der Waals surface area contributed by atoms with Crippen LogP contribution in [0.5, 0.6) is 5.75 Å². The Hall–Kier alpha value is -3.02. The first-order chi connectivity index (χ1) is 11.1. The zero-order valence-corrected chi connectivity index (χ0v) is 13.2. The Morgan fingerprint density at radius 3 is 2.65 bits per heavy atom. The van der Waals surface area contributed by atoms with E-state index < -0.39 is 0 Å². The van der Waals surface area contributed by atoms with Crippen molar-refractivity contribution in [3.8, 4) is 5.75 Å². The number of methoxy groups -OCH3 is 1. The molecule has 120 valence electrons. The Balaban J connectivity index is 1.86. The Labute approximate surface area is 135 Å². The summed E-state index contributed by atoms with van der Waals surface area (Å²) in [6, 6.07) is 14.7. The van der Waals surface area contributed by atoms with Crippen LogP contribution in [-0.4, -0.2) is 25.3 Å². The molecule has 0 aliphatic rings. The van der Waals surface area contributed by atoms with Gasteiger partial charge in [0, 0.05) is 17.4 Å². The first-order valence-electron chi connectivity index (χ1n) is 7.15. The number of hydrazone groups is 1. The average Bonchev–Trinajstić information content (AvgIpc) is 2.58. The predicted octanol–water partition coefficient (Wildman–Crippen LogP) is 2.23. The standard InChI is InChI=1S/C17H20N4O2/c1-12(13-6-8-14(18)9-7-13)20-21-17(22)11-19-15-4-3-5-16(10-15)23-2/h3-10,19H,11,18H2,1-2H3,(H,21,22)/b20-12-. The highest BCUT2D eigenvalue weighted by Gasteiger charge is 2.02. The summed E-state index contributed by atoms with van der Waals surface area (Å²) in [7, 11) is 1.60. The summed E-state index contributed by atoms with van der Waals surface area (Å²) in [6.45, 7) is 1.94. The van der Waals surface area contributed by atoms with Crippen LogP contribution in [0.2, 0.25) is 0 Å². The second-order valence-electron chi connectivity index (χ2n) is 4.94. The third-order valence-electron chi connectivity index (χ3n) is 3.20. The number of nitrogens with one attached hydrogen (secondary N) is 2. The Morgan fingerprint density at radius 2 is 1.96 bits per heavy atom. The van der Waals surface area contributed by atoms with Crippen LogP contribution in [0, 0.1) is 0 Å². The van der Waals surface area contributed by atoms with Gasteiger partial charge in [-0.2, -0.15) is 5.10 Å². The smallest absolute Gasteiger partial charge is 0.259 e. The molecule has 23 heavy (non-hydrogen) atoms. The fourth-order valence-electron chi connectivity index (χ4n) is 1.89. The molecule has 0 aromatic heterocycles. The molecular formula is C17H20N4O2. The van der Waals surface area contributed by atoms with Crippen LogP contribution in [0.1, 0.15) is 12.5 Å². The number of nitrogens with zero attached hydrogens (tertiary/aromatic N) is 1. The molecule has 0 saturated heterocycles. The van der Waals surface area contributed by atoms with Gasteiger partial charge < -0.3 is 15.8 Å². The second-order valence-corrected chi connectivity index (χ2v) is 4.94. The van der Waals surface area contributed by atoms with E-state index in [2.05, 4.69) is 15.8 Å². The maximum Gasteiger partial charge on any atom is 0.259 e. The minimum atomic E-state index is -0.234. The molecule has 0 heterocycles. The van der Waals surface area contributed by atoms with E-state index in [0.29, 0.717) is 11.4 Å². The van der Waals surface area contributed by atoms with Gasteiger partial charge in [-0.3, -0.25) is 4.79 Å². The van der Waals surface area contributed by atoms with Crippen LogP contribution >= 0.6 is 0 Å². The first kappa shape index (κ1) is 16.4. The summed E-state index contributed by atoms with van der Waals surface area (Å²) in [6.07, 6.45) is 0. The number of hydrogen-bond donors (Lipinski definition) is 3. The van der Waals surface area contributed by atoms with Crippen LogP contribution in [0.25, 0.3) is 0 Å². The van der Waals surface area contributed by atoms with E-state index in [1.165, 1.54) is 0 Å². The molecule has 0 saturated carbocycles. The molecule has 0 radical (unpaired) electrons. The van der Waals surface area contributed by atoms with Gasteiger partial charge in [-0.1, -0.05) is 18.2 Å². The number of hydrogen-bond acceptors (Lipinski definition) is 5. The number of carbonyl (C=O) groups is 1. The SMILES string of the molecule is COc1cccc(NCC(=O)N/N=C(/C)c2ccc(N)cc2)c1. The molecule has 0 bridgehead atoms. The third kappa shape index (κ3) is 5.03. The maximum atomic E-state index is 11.8. The summed E-state index contributed by atoms with van der Waals surface area (Å²) >= 11 is 0. The molecule has 0 fully saturated rings. The number of nitrogens with two attached hydrogens (primary N) is 1. The number of carbonyl (C=O) groups excluding carboxylic acids is 1. The van der Waals surface area contributed by atoms with Gasteiger partial charge in [0.05, 0.1) is 19.4 Å². The highest BCUT2D eigenvalue weighted by atomic mass is 16.5. The Morgan fingerprint density at radius 1 is 1.22 bits per heavy atom. The van der Waals surface area contributed by atoms with Gasteiger partial charge in [-0.25, -0.2) is 5.43 Å². The van der Waals surface area contributed by atoms with Crippen molar-refractivity contribution < 1.29 is 9.53 Å². The van der Waals surface area contributed by atoms with Gasteiger partial charge in [0.25, 0.3) is 5.91 Å². The summed E-state index contributed by atoms with van der Waals surface area (Å²) < 4.78 is 5.13. The molecule has 0 atom stereocenters. The monoisotopic (exact) mass is 312 g/mol. The molecule has 4 N–H and O–H groups in total. The number of benzene rings is 2.